The molecule has 1 atom stereocenters. The van der Waals surface area contributed by atoms with Gasteiger partial charge in [0, 0.05) is 12.2 Å². The third-order valence-corrected chi connectivity index (χ3v) is 1.81. The Morgan fingerprint density at radius 1 is 1.57 bits per heavy atom. The number of rotatable bonds is 4. The molecule has 74 valence electrons. The molecular weight excluding hydrogens is 176 g/mol. The van der Waals surface area contributed by atoms with Crippen LogP contribution in [0.25, 0.3) is 0 Å². The summed E-state index contributed by atoms with van der Waals surface area (Å²) in [5.74, 6) is 0. The van der Waals surface area contributed by atoms with Gasteiger partial charge >= 0.3 is 0 Å². The van der Waals surface area contributed by atoms with Crippen molar-refractivity contribution < 1.29 is 5.11 Å². The van der Waals surface area contributed by atoms with Crippen LogP contribution in [0.5, 0.6) is 0 Å². The van der Waals surface area contributed by atoms with Crippen LogP contribution in [0.15, 0.2) is 24.3 Å². The molecule has 0 fully saturated rings. The van der Waals surface area contributed by atoms with E-state index in [0.717, 1.165) is 11.3 Å². The molecular formula is C11H14N2O. The summed E-state index contributed by atoms with van der Waals surface area (Å²) in [6.07, 6.45) is 0.0547. The molecule has 0 spiro atoms. The van der Waals surface area contributed by atoms with Crippen LogP contribution in [0.4, 0.5) is 5.69 Å². The Hall–Kier alpha value is -1.53. The smallest absolute Gasteiger partial charge is 0.0684 e. The Morgan fingerprint density at radius 3 is 3.00 bits per heavy atom. The minimum absolute atomic E-state index is 0.366. The maximum absolute atomic E-state index is 9.07. The Bertz CT molecular complexity index is 328. The van der Waals surface area contributed by atoms with E-state index in [-0.39, 0.29) is 6.10 Å². The molecule has 0 unspecified atom stereocenters. The van der Waals surface area contributed by atoms with Crippen molar-refractivity contribution in [3.05, 3.63) is 29.8 Å². The van der Waals surface area contributed by atoms with E-state index in [1.165, 1.54) is 0 Å². The zero-order chi connectivity index (χ0) is 10.4. The minimum atomic E-state index is -0.366. The average molecular weight is 190 g/mol. The van der Waals surface area contributed by atoms with Crippen LogP contribution in [0.1, 0.15) is 12.5 Å². The van der Waals surface area contributed by atoms with E-state index >= 15 is 0 Å². The van der Waals surface area contributed by atoms with Gasteiger partial charge in [-0.2, -0.15) is 5.26 Å². The van der Waals surface area contributed by atoms with Crippen LogP contribution < -0.4 is 5.32 Å². The molecule has 0 amide bonds. The van der Waals surface area contributed by atoms with Gasteiger partial charge in [0.15, 0.2) is 0 Å². The molecule has 0 radical (unpaired) electrons. The highest BCUT2D eigenvalue weighted by atomic mass is 16.3. The highest BCUT2D eigenvalue weighted by molar-refractivity contribution is 5.46. The number of nitrogens with one attached hydrogen (secondary N) is 1. The molecule has 0 aliphatic rings. The second-order valence-corrected chi connectivity index (χ2v) is 3.27. The van der Waals surface area contributed by atoms with Crippen molar-refractivity contribution in [3.8, 4) is 6.07 Å². The third kappa shape index (κ3) is 3.46. The molecule has 0 saturated carbocycles. The molecule has 0 aliphatic carbocycles. The van der Waals surface area contributed by atoms with Crippen molar-refractivity contribution in [2.24, 2.45) is 0 Å². The summed E-state index contributed by atoms with van der Waals surface area (Å²) in [5, 5.41) is 20.7. The zero-order valence-corrected chi connectivity index (χ0v) is 8.20. The molecule has 0 aliphatic heterocycles. The van der Waals surface area contributed by atoms with Gasteiger partial charge in [-0.05, 0) is 24.6 Å². The summed E-state index contributed by atoms with van der Waals surface area (Å²) in [6.45, 7) is 2.25. The lowest BCUT2D eigenvalue weighted by Gasteiger charge is -2.08. The predicted octanol–water partition coefficient (Wildman–Crippen LogP) is 1.55. The van der Waals surface area contributed by atoms with E-state index in [9.17, 15) is 0 Å². The second kappa shape index (κ2) is 5.25. The second-order valence-electron chi connectivity index (χ2n) is 3.27. The summed E-state index contributed by atoms with van der Waals surface area (Å²) in [7, 11) is 0. The molecule has 1 aromatic rings. The van der Waals surface area contributed by atoms with Gasteiger partial charge in [0.1, 0.15) is 0 Å². The number of nitriles is 1. The van der Waals surface area contributed by atoms with Gasteiger partial charge in [0.05, 0.1) is 18.6 Å². The molecule has 1 rings (SSSR count). The van der Waals surface area contributed by atoms with Gasteiger partial charge in [0.2, 0.25) is 0 Å². The highest BCUT2D eigenvalue weighted by Crippen LogP contribution is 2.10. The summed E-state index contributed by atoms with van der Waals surface area (Å²) in [6, 6.07) is 9.75. The maximum Gasteiger partial charge on any atom is 0.0684 e. The number of aliphatic hydroxyl groups is 1. The van der Waals surface area contributed by atoms with Gasteiger partial charge in [-0.15, -0.1) is 0 Å². The topological polar surface area (TPSA) is 56.0 Å². The number of anilines is 1. The SMILES string of the molecule is C[C@H](O)CNc1cccc(CC#N)c1. The van der Waals surface area contributed by atoms with Crippen LogP contribution in [0.3, 0.4) is 0 Å². The summed E-state index contributed by atoms with van der Waals surface area (Å²) >= 11 is 0. The van der Waals surface area contributed by atoms with Crippen molar-refractivity contribution in [3.63, 3.8) is 0 Å². The van der Waals surface area contributed by atoms with Crippen molar-refractivity contribution in [1.29, 1.82) is 5.26 Å². The lowest BCUT2D eigenvalue weighted by Crippen LogP contribution is -2.15. The highest BCUT2D eigenvalue weighted by Gasteiger charge is 1.97. The molecule has 0 saturated heterocycles. The fraction of sp³-hybridized carbons (Fsp3) is 0.364. The van der Waals surface area contributed by atoms with E-state index in [1.807, 2.05) is 24.3 Å². The van der Waals surface area contributed by atoms with Crippen LogP contribution >= 0.6 is 0 Å². The standard InChI is InChI=1S/C11H14N2O/c1-9(14)8-13-11-4-2-3-10(7-11)5-6-12/h2-4,7,9,13-14H,5,8H2,1H3/t9-/m0/s1. The predicted molar refractivity (Wildman–Crippen MR) is 55.9 cm³/mol. The summed E-state index contributed by atoms with van der Waals surface area (Å²) in [5.41, 5.74) is 1.93. The molecule has 2 N–H and O–H groups in total. The molecule has 3 heteroatoms. The van der Waals surface area contributed by atoms with Gasteiger partial charge < -0.3 is 10.4 Å². The van der Waals surface area contributed by atoms with E-state index in [2.05, 4.69) is 11.4 Å². The number of aliphatic hydroxyl groups excluding tert-OH is 1. The van der Waals surface area contributed by atoms with Crippen LogP contribution in [-0.4, -0.2) is 17.8 Å². The number of hydrogen-bond donors (Lipinski definition) is 2. The Morgan fingerprint density at radius 2 is 2.36 bits per heavy atom. The molecule has 3 nitrogen and oxygen atoms in total. The number of hydrogen-bond acceptors (Lipinski definition) is 3. The third-order valence-electron chi connectivity index (χ3n) is 1.81. The minimum Gasteiger partial charge on any atom is -0.392 e. The molecule has 0 aromatic heterocycles. The Balaban J connectivity index is 2.60. The first-order valence-corrected chi connectivity index (χ1v) is 4.60. The first kappa shape index (κ1) is 10.6. The van der Waals surface area contributed by atoms with Gasteiger partial charge in [-0.3, -0.25) is 0 Å². The molecule has 0 heterocycles. The lowest BCUT2D eigenvalue weighted by atomic mass is 10.1. The molecule has 1 aromatic carbocycles. The number of nitrogens with zero attached hydrogens (tertiary/aromatic N) is 1. The maximum atomic E-state index is 9.07. The Labute approximate surface area is 84.0 Å². The van der Waals surface area contributed by atoms with E-state index in [4.69, 9.17) is 10.4 Å². The van der Waals surface area contributed by atoms with E-state index in [0.29, 0.717) is 13.0 Å². The van der Waals surface area contributed by atoms with E-state index < -0.39 is 0 Å². The first-order valence-electron chi connectivity index (χ1n) is 4.60. The zero-order valence-electron chi connectivity index (χ0n) is 8.20. The van der Waals surface area contributed by atoms with E-state index in [1.54, 1.807) is 6.92 Å². The summed E-state index contributed by atoms with van der Waals surface area (Å²) in [4.78, 5) is 0. The van der Waals surface area contributed by atoms with Crippen LogP contribution in [0.2, 0.25) is 0 Å². The van der Waals surface area contributed by atoms with Gasteiger partial charge in [0.25, 0.3) is 0 Å². The van der Waals surface area contributed by atoms with Crippen molar-refractivity contribution in [1.82, 2.24) is 0 Å². The van der Waals surface area contributed by atoms with Crippen molar-refractivity contribution in [2.75, 3.05) is 11.9 Å². The van der Waals surface area contributed by atoms with Crippen molar-refractivity contribution >= 4 is 5.69 Å². The first-order chi connectivity index (χ1) is 6.72. The average Bonchev–Trinajstić information content (AvgIpc) is 2.16. The van der Waals surface area contributed by atoms with Crippen molar-refractivity contribution in [2.45, 2.75) is 19.4 Å². The van der Waals surface area contributed by atoms with Gasteiger partial charge in [-0.25, -0.2) is 0 Å². The normalized spacial score (nSPS) is 11.8. The largest absolute Gasteiger partial charge is 0.392 e. The Kier molecular flexibility index (Phi) is 3.96. The van der Waals surface area contributed by atoms with Gasteiger partial charge in [-0.1, -0.05) is 12.1 Å². The fourth-order valence-corrected chi connectivity index (χ4v) is 1.15. The lowest BCUT2D eigenvalue weighted by molar-refractivity contribution is 0.208. The quantitative estimate of drug-likeness (QED) is 0.757. The fourth-order valence-electron chi connectivity index (χ4n) is 1.15. The molecule has 0 bridgehead atoms. The summed E-state index contributed by atoms with van der Waals surface area (Å²) < 4.78 is 0. The number of benzene rings is 1. The molecule has 14 heavy (non-hydrogen) atoms. The van der Waals surface area contributed by atoms with Crippen LogP contribution in [0, 0.1) is 11.3 Å². The monoisotopic (exact) mass is 190 g/mol. The van der Waals surface area contributed by atoms with Crippen LogP contribution in [-0.2, 0) is 6.42 Å².